The number of fused-ring (bicyclic) bond motifs is 7. The fourth-order valence-electron chi connectivity index (χ4n) is 11.4. The molecule has 0 aromatic carbocycles. The molecule has 4 bridgehead atoms. The normalized spacial score (nSPS) is 58.9. The second-order valence-electron chi connectivity index (χ2n) is 14.6. The molecular formula is C30H41NO4. The first-order valence-corrected chi connectivity index (χ1v) is 14.1. The lowest BCUT2D eigenvalue weighted by molar-refractivity contribution is -0.291. The van der Waals surface area contributed by atoms with Crippen molar-refractivity contribution in [1.82, 2.24) is 4.90 Å². The quantitative estimate of drug-likeness (QED) is 0.509. The third kappa shape index (κ3) is 2.42. The fourth-order valence-corrected chi connectivity index (χ4v) is 11.4. The standard InChI is InChI=1S/C30H41NO4/c1-15-8-19-24(21(32)9-15)17(3)25(34)26-27(19,4)13-23-28(5)11-20(22(33)12-29(26,28)6)30-10-16(2)7-18(35-30)14-31(23)30/h9,16-20,23-24,26H,7-8,10-14H2,1-6H3/t16-,17+,18+,19+,20+,23+,24-,26-,27-,28+,29-,30+/m0/s1. The number of allylic oxidation sites excluding steroid dienone is 2. The first-order valence-electron chi connectivity index (χ1n) is 14.1. The predicted molar refractivity (Wildman–Crippen MR) is 131 cm³/mol. The van der Waals surface area contributed by atoms with Gasteiger partial charge in [0.1, 0.15) is 17.3 Å². The maximum Gasteiger partial charge on any atom is 0.159 e. The summed E-state index contributed by atoms with van der Waals surface area (Å²) in [6.07, 6.45) is 7.13. The van der Waals surface area contributed by atoms with Gasteiger partial charge in [-0.15, -0.1) is 0 Å². The highest BCUT2D eigenvalue weighted by atomic mass is 16.5. The molecule has 1 spiro atoms. The summed E-state index contributed by atoms with van der Waals surface area (Å²) in [5.74, 6) is 0.662. The summed E-state index contributed by atoms with van der Waals surface area (Å²) in [4.78, 5) is 44.3. The lowest BCUT2D eigenvalue weighted by Crippen LogP contribution is -2.79. The number of piperidine rings is 1. The molecule has 190 valence electrons. The minimum Gasteiger partial charge on any atom is -0.355 e. The summed E-state index contributed by atoms with van der Waals surface area (Å²) < 4.78 is 6.81. The molecule has 5 nitrogen and oxygen atoms in total. The van der Waals surface area contributed by atoms with Crippen molar-refractivity contribution in [2.75, 3.05) is 6.54 Å². The average Bonchev–Trinajstić information content (AvgIpc) is 3.03. The van der Waals surface area contributed by atoms with Gasteiger partial charge in [-0.1, -0.05) is 40.2 Å². The smallest absolute Gasteiger partial charge is 0.159 e. The van der Waals surface area contributed by atoms with Gasteiger partial charge in [0.2, 0.25) is 0 Å². The Bertz CT molecular complexity index is 1100. The Balaban J connectivity index is 1.43. The highest BCUT2D eigenvalue weighted by molar-refractivity contribution is 6.00. The zero-order valence-electron chi connectivity index (χ0n) is 22.2. The van der Waals surface area contributed by atoms with E-state index in [1.807, 2.05) is 6.92 Å². The van der Waals surface area contributed by atoms with Crippen LogP contribution in [0.4, 0.5) is 0 Å². The SMILES string of the molecule is CC1=CC(=O)[C@@H]2[C@@H](C1)[C@]1(C)C[C@H]3N4C[C@H]5C[C@H](C)C[C@@]4(O5)[C@@H]4C[C@@]3(C)[C@@](C)(CC4=O)[C@H]1C(=O)[C@@H]2C. The molecule has 3 aliphatic heterocycles. The predicted octanol–water partition coefficient (Wildman–Crippen LogP) is 4.58. The van der Waals surface area contributed by atoms with E-state index in [1.54, 1.807) is 6.08 Å². The number of carbonyl (C=O) groups is 3. The Labute approximate surface area is 209 Å². The van der Waals surface area contributed by atoms with Crippen LogP contribution in [-0.4, -0.2) is 46.7 Å². The van der Waals surface area contributed by atoms with Gasteiger partial charge in [-0.05, 0) is 73.2 Å². The Morgan fingerprint density at radius 3 is 2.51 bits per heavy atom. The molecule has 3 saturated carbocycles. The van der Waals surface area contributed by atoms with E-state index in [9.17, 15) is 14.4 Å². The van der Waals surface area contributed by atoms with E-state index in [-0.39, 0.29) is 64.1 Å². The van der Waals surface area contributed by atoms with Gasteiger partial charge >= 0.3 is 0 Å². The zero-order chi connectivity index (χ0) is 24.9. The van der Waals surface area contributed by atoms with E-state index >= 15 is 0 Å². The first-order chi connectivity index (χ1) is 16.4. The second kappa shape index (κ2) is 6.56. The second-order valence-corrected chi connectivity index (χ2v) is 14.6. The number of carbonyl (C=O) groups excluding carboxylic acids is 3. The molecule has 0 aromatic heterocycles. The average molecular weight is 480 g/mol. The number of Topliss-reactive ketones (excluding diaryl/α,β-unsaturated/α-hetero) is 2. The molecule has 7 aliphatic rings. The van der Waals surface area contributed by atoms with E-state index in [4.69, 9.17) is 4.74 Å². The third-order valence-electron chi connectivity index (χ3n) is 12.8. The summed E-state index contributed by atoms with van der Waals surface area (Å²) in [7, 11) is 0. The van der Waals surface area contributed by atoms with E-state index in [0.29, 0.717) is 18.1 Å². The molecule has 3 saturated heterocycles. The van der Waals surface area contributed by atoms with Crippen LogP contribution in [0.15, 0.2) is 11.6 Å². The van der Waals surface area contributed by atoms with E-state index in [0.717, 1.165) is 44.2 Å². The minimum atomic E-state index is -0.461. The number of hydrogen-bond acceptors (Lipinski definition) is 5. The van der Waals surface area contributed by atoms with Crippen LogP contribution in [-0.2, 0) is 19.1 Å². The van der Waals surface area contributed by atoms with Gasteiger partial charge in [0.05, 0.1) is 12.0 Å². The summed E-state index contributed by atoms with van der Waals surface area (Å²) in [5.41, 5.74) is -0.123. The molecular weight excluding hydrogens is 438 g/mol. The Kier molecular flexibility index (Phi) is 4.28. The minimum absolute atomic E-state index is 0.0840. The van der Waals surface area contributed by atoms with Crippen LogP contribution in [0.3, 0.4) is 0 Å². The van der Waals surface area contributed by atoms with Crippen LogP contribution in [0.2, 0.25) is 0 Å². The number of rotatable bonds is 0. The maximum absolute atomic E-state index is 14.3. The molecule has 6 fully saturated rings. The lowest BCUT2D eigenvalue weighted by atomic mass is 9.32. The molecule has 12 atom stereocenters. The van der Waals surface area contributed by atoms with Crippen LogP contribution in [0.1, 0.15) is 80.1 Å². The summed E-state index contributed by atoms with van der Waals surface area (Å²) in [6.45, 7) is 14.3. The fraction of sp³-hybridized carbons (Fsp3) is 0.833. The zero-order valence-corrected chi connectivity index (χ0v) is 22.2. The number of hydrogen-bond donors (Lipinski definition) is 0. The largest absolute Gasteiger partial charge is 0.355 e. The number of nitrogens with zero attached hydrogens (tertiary/aromatic N) is 1. The van der Waals surface area contributed by atoms with Crippen molar-refractivity contribution < 1.29 is 19.1 Å². The molecule has 5 heteroatoms. The van der Waals surface area contributed by atoms with Crippen LogP contribution in [0.25, 0.3) is 0 Å². The Morgan fingerprint density at radius 2 is 1.77 bits per heavy atom. The van der Waals surface area contributed by atoms with Gasteiger partial charge in [0, 0.05) is 36.8 Å². The molecule has 3 heterocycles. The van der Waals surface area contributed by atoms with Crippen LogP contribution in [0.5, 0.6) is 0 Å². The van der Waals surface area contributed by atoms with Crippen molar-refractivity contribution in [1.29, 1.82) is 0 Å². The van der Waals surface area contributed by atoms with E-state index in [2.05, 4.69) is 39.5 Å². The molecule has 35 heavy (non-hydrogen) atoms. The van der Waals surface area contributed by atoms with Gasteiger partial charge in [-0.3, -0.25) is 19.3 Å². The van der Waals surface area contributed by atoms with Crippen molar-refractivity contribution in [2.24, 2.45) is 51.8 Å². The highest BCUT2D eigenvalue weighted by Gasteiger charge is 2.78. The summed E-state index contributed by atoms with van der Waals surface area (Å²) in [5, 5.41) is 0. The summed E-state index contributed by atoms with van der Waals surface area (Å²) >= 11 is 0. The Hall–Kier alpha value is -1.33. The van der Waals surface area contributed by atoms with Crippen molar-refractivity contribution in [3.63, 3.8) is 0 Å². The van der Waals surface area contributed by atoms with Crippen molar-refractivity contribution >= 4 is 17.3 Å². The molecule has 0 amide bonds. The van der Waals surface area contributed by atoms with Crippen LogP contribution >= 0.6 is 0 Å². The molecule has 0 unspecified atom stereocenters. The third-order valence-corrected chi connectivity index (χ3v) is 12.8. The molecule has 0 N–H and O–H groups in total. The molecule has 0 aromatic rings. The monoisotopic (exact) mass is 479 g/mol. The van der Waals surface area contributed by atoms with Gasteiger partial charge in [-0.25, -0.2) is 0 Å². The van der Waals surface area contributed by atoms with Gasteiger partial charge < -0.3 is 4.74 Å². The molecule has 0 radical (unpaired) electrons. The molecule has 7 rings (SSSR count). The van der Waals surface area contributed by atoms with Crippen molar-refractivity contribution in [3.8, 4) is 0 Å². The van der Waals surface area contributed by atoms with Gasteiger partial charge in [-0.2, -0.15) is 0 Å². The topological polar surface area (TPSA) is 63.7 Å². The van der Waals surface area contributed by atoms with Crippen LogP contribution in [0, 0.1) is 51.8 Å². The molecule has 4 aliphatic carbocycles. The number of ketones is 3. The van der Waals surface area contributed by atoms with Crippen molar-refractivity contribution in [2.45, 2.75) is 97.9 Å². The maximum atomic E-state index is 14.3. The van der Waals surface area contributed by atoms with Gasteiger partial charge in [0.25, 0.3) is 0 Å². The highest BCUT2D eigenvalue weighted by Crippen LogP contribution is 2.75. The first kappa shape index (κ1) is 22.8. The lowest BCUT2D eigenvalue weighted by Gasteiger charge is -2.75. The van der Waals surface area contributed by atoms with Crippen molar-refractivity contribution in [3.05, 3.63) is 11.6 Å². The van der Waals surface area contributed by atoms with Crippen LogP contribution < -0.4 is 0 Å². The van der Waals surface area contributed by atoms with E-state index < -0.39 is 11.1 Å². The van der Waals surface area contributed by atoms with E-state index in [1.165, 1.54) is 0 Å². The van der Waals surface area contributed by atoms with Gasteiger partial charge in [0.15, 0.2) is 5.78 Å². The Morgan fingerprint density at radius 1 is 1.03 bits per heavy atom. The summed E-state index contributed by atoms with van der Waals surface area (Å²) in [6, 6.07) is 0.275. The number of ether oxygens (including phenoxy) is 1.